The quantitative estimate of drug-likeness (QED) is 0.553. The highest BCUT2D eigenvalue weighted by atomic mass is 16.6. The second kappa shape index (κ2) is 9.75. The molecule has 3 aliphatic rings. The van der Waals surface area contributed by atoms with Crippen LogP contribution in [0.5, 0.6) is 0 Å². The summed E-state index contributed by atoms with van der Waals surface area (Å²) in [5, 5.41) is 15.6. The summed E-state index contributed by atoms with van der Waals surface area (Å²) in [7, 11) is 0. The summed E-state index contributed by atoms with van der Waals surface area (Å²) in [6.07, 6.45) is 8.75. The molecule has 1 heterocycles. The van der Waals surface area contributed by atoms with Crippen LogP contribution in [0, 0.1) is 5.92 Å². The molecule has 3 saturated carbocycles. The van der Waals surface area contributed by atoms with Gasteiger partial charge in [0.1, 0.15) is 11.2 Å². The van der Waals surface area contributed by atoms with Crippen molar-refractivity contribution in [2.75, 3.05) is 6.54 Å². The number of ether oxygens (including phenoxy) is 2. The minimum Gasteiger partial charge on any atom is -0.443 e. The van der Waals surface area contributed by atoms with Gasteiger partial charge in [-0.25, -0.2) is 14.5 Å². The van der Waals surface area contributed by atoms with Crippen LogP contribution in [0.2, 0.25) is 0 Å². The van der Waals surface area contributed by atoms with Crippen LogP contribution in [0.4, 0.5) is 9.59 Å². The zero-order chi connectivity index (χ0) is 25.5. The number of carbonyl (C=O) groups is 2. The van der Waals surface area contributed by atoms with Crippen molar-refractivity contribution in [3.63, 3.8) is 0 Å². The highest BCUT2D eigenvalue weighted by Gasteiger charge is 2.40. The molecule has 0 radical (unpaired) electrons. The number of aliphatic hydroxyl groups is 1. The third kappa shape index (κ3) is 6.57. The van der Waals surface area contributed by atoms with Crippen molar-refractivity contribution in [1.29, 1.82) is 0 Å². The van der Waals surface area contributed by atoms with Gasteiger partial charge in [-0.1, -0.05) is 12.8 Å². The molecule has 8 heteroatoms. The van der Waals surface area contributed by atoms with Crippen molar-refractivity contribution in [3.05, 3.63) is 17.5 Å². The lowest BCUT2D eigenvalue weighted by Crippen LogP contribution is -2.47. The van der Waals surface area contributed by atoms with E-state index in [0.717, 1.165) is 43.4 Å². The molecule has 0 saturated heterocycles. The second-order valence-corrected chi connectivity index (χ2v) is 12.7. The van der Waals surface area contributed by atoms with Crippen molar-refractivity contribution in [2.24, 2.45) is 5.92 Å². The Morgan fingerprint density at radius 2 is 1.57 bits per heavy atom. The van der Waals surface area contributed by atoms with Gasteiger partial charge in [0.05, 0.1) is 17.8 Å². The van der Waals surface area contributed by atoms with Gasteiger partial charge < -0.3 is 14.6 Å². The average molecular weight is 490 g/mol. The van der Waals surface area contributed by atoms with E-state index in [-0.39, 0.29) is 30.5 Å². The van der Waals surface area contributed by atoms with Crippen LogP contribution in [0.1, 0.15) is 122 Å². The topological polar surface area (TPSA) is 93.9 Å². The number of carbonyl (C=O) groups excluding carboxylic acids is 2. The van der Waals surface area contributed by atoms with E-state index < -0.39 is 23.4 Å². The molecule has 0 aromatic carbocycles. The first-order chi connectivity index (χ1) is 16.3. The predicted octanol–water partition coefficient (Wildman–Crippen LogP) is 5.90. The SMILES string of the molecule is CC(C)(C)OC(=O)N(C[C@H]1C[C@H](n2cc(C3CCCCC3O)c(C3CC3)n2)C1)C(=O)OC(C)(C)C. The largest absolute Gasteiger partial charge is 0.443 e. The second-order valence-electron chi connectivity index (χ2n) is 12.7. The Kier molecular flexibility index (Phi) is 7.24. The van der Waals surface area contributed by atoms with Crippen molar-refractivity contribution in [1.82, 2.24) is 14.7 Å². The standard InChI is InChI=1S/C27H43N3O5/c1-26(2,3)34-24(32)29(25(33)35-27(4,5)6)15-17-13-19(14-17)30-16-21(23(28-30)18-11-12-18)20-9-7-8-10-22(20)31/h16-20,22,31H,7-15H2,1-6H3/t17-,19-,20?,22?. The summed E-state index contributed by atoms with van der Waals surface area (Å²) < 4.78 is 13.1. The molecule has 0 aliphatic heterocycles. The van der Waals surface area contributed by atoms with Crippen molar-refractivity contribution < 1.29 is 24.2 Å². The number of aliphatic hydroxyl groups excluding tert-OH is 1. The minimum absolute atomic E-state index is 0.164. The van der Waals surface area contributed by atoms with Crippen molar-refractivity contribution in [2.45, 2.75) is 128 Å². The third-order valence-electron chi connectivity index (χ3n) is 7.14. The van der Waals surface area contributed by atoms with Crippen LogP contribution in [0.3, 0.4) is 0 Å². The van der Waals surface area contributed by atoms with Crippen molar-refractivity contribution >= 4 is 12.2 Å². The van der Waals surface area contributed by atoms with E-state index in [9.17, 15) is 14.7 Å². The average Bonchev–Trinajstić information content (AvgIpc) is 3.44. The van der Waals surface area contributed by atoms with Crippen LogP contribution < -0.4 is 0 Å². The normalized spacial score (nSPS) is 27.2. The number of nitrogens with zero attached hydrogens (tertiary/aromatic N) is 3. The van der Waals surface area contributed by atoms with Gasteiger partial charge in [0.15, 0.2) is 0 Å². The lowest BCUT2D eigenvalue weighted by molar-refractivity contribution is -0.00641. The lowest BCUT2D eigenvalue weighted by atomic mass is 9.79. The summed E-state index contributed by atoms with van der Waals surface area (Å²) in [6.45, 7) is 11.0. The number of aromatic nitrogens is 2. The van der Waals surface area contributed by atoms with Crippen LogP contribution in [-0.4, -0.2) is 55.8 Å². The molecule has 4 rings (SSSR count). The zero-order valence-corrected chi connectivity index (χ0v) is 22.2. The molecule has 0 spiro atoms. The van der Waals surface area contributed by atoms with Gasteiger partial charge in [0.2, 0.25) is 0 Å². The lowest BCUT2D eigenvalue weighted by Gasteiger charge is -2.38. The Labute approximate surface area is 209 Å². The van der Waals surface area contributed by atoms with Gasteiger partial charge in [0.25, 0.3) is 0 Å². The minimum atomic E-state index is -0.701. The van der Waals surface area contributed by atoms with Crippen LogP contribution >= 0.6 is 0 Å². The van der Waals surface area contributed by atoms with Gasteiger partial charge in [-0.3, -0.25) is 4.68 Å². The van der Waals surface area contributed by atoms with Gasteiger partial charge in [-0.05, 0) is 91.5 Å². The molecule has 1 aromatic rings. The van der Waals surface area contributed by atoms with E-state index in [2.05, 4.69) is 10.9 Å². The van der Waals surface area contributed by atoms with Crippen LogP contribution in [0.25, 0.3) is 0 Å². The first kappa shape index (κ1) is 26.0. The number of hydrogen-bond acceptors (Lipinski definition) is 6. The summed E-state index contributed by atoms with van der Waals surface area (Å²) in [5.74, 6) is 0.891. The zero-order valence-electron chi connectivity index (χ0n) is 22.2. The Morgan fingerprint density at radius 1 is 1.00 bits per heavy atom. The molecule has 196 valence electrons. The predicted molar refractivity (Wildman–Crippen MR) is 132 cm³/mol. The molecule has 2 unspecified atom stereocenters. The molecule has 1 N–H and O–H groups in total. The molecule has 8 nitrogen and oxygen atoms in total. The van der Waals surface area contributed by atoms with Gasteiger partial charge in [-0.2, -0.15) is 5.10 Å². The van der Waals surface area contributed by atoms with E-state index in [0.29, 0.717) is 5.92 Å². The van der Waals surface area contributed by atoms with Gasteiger partial charge in [0, 0.05) is 24.6 Å². The van der Waals surface area contributed by atoms with Gasteiger partial charge >= 0.3 is 12.2 Å². The maximum atomic E-state index is 12.8. The fourth-order valence-electron chi connectivity index (χ4n) is 5.22. The summed E-state index contributed by atoms with van der Waals surface area (Å²) in [4.78, 5) is 26.7. The Morgan fingerprint density at radius 3 is 2.09 bits per heavy atom. The Balaban J connectivity index is 1.42. The highest BCUT2D eigenvalue weighted by Crippen LogP contribution is 2.47. The molecule has 1 aromatic heterocycles. The molecule has 3 fully saturated rings. The fourth-order valence-corrected chi connectivity index (χ4v) is 5.22. The van der Waals surface area contributed by atoms with E-state index in [1.807, 2.05) is 0 Å². The monoisotopic (exact) mass is 489 g/mol. The number of amides is 2. The van der Waals surface area contributed by atoms with Gasteiger partial charge in [-0.15, -0.1) is 0 Å². The summed E-state index contributed by atoms with van der Waals surface area (Å²) in [6, 6.07) is 0.242. The van der Waals surface area contributed by atoms with E-state index in [4.69, 9.17) is 14.6 Å². The van der Waals surface area contributed by atoms with E-state index >= 15 is 0 Å². The number of hydrogen-bond donors (Lipinski definition) is 1. The molecular weight excluding hydrogens is 446 g/mol. The van der Waals surface area contributed by atoms with Crippen molar-refractivity contribution in [3.8, 4) is 0 Å². The Bertz CT molecular complexity index is 890. The van der Waals surface area contributed by atoms with E-state index in [1.165, 1.54) is 24.1 Å². The first-order valence-corrected chi connectivity index (χ1v) is 13.3. The third-order valence-corrected chi connectivity index (χ3v) is 7.14. The number of imide groups is 1. The molecule has 3 aliphatic carbocycles. The summed E-state index contributed by atoms with van der Waals surface area (Å²) >= 11 is 0. The summed E-state index contributed by atoms with van der Waals surface area (Å²) in [5.41, 5.74) is 1.03. The molecular formula is C27H43N3O5. The fraction of sp³-hybridized carbons (Fsp3) is 0.815. The molecule has 35 heavy (non-hydrogen) atoms. The van der Waals surface area contributed by atoms with E-state index in [1.54, 1.807) is 41.5 Å². The first-order valence-electron chi connectivity index (χ1n) is 13.3. The highest BCUT2D eigenvalue weighted by molar-refractivity contribution is 5.88. The molecule has 0 bridgehead atoms. The molecule has 2 amide bonds. The van der Waals surface area contributed by atoms with Crippen LogP contribution in [0.15, 0.2) is 6.20 Å². The maximum Gasteiger partial charge on any atom is 0.419 e. The van der Waals surface area contributed by atoms with Crippen LogP contribution in [-0.2, 0) is 9.47 Å². The number of rotatable bonds is 5. The molecule has 2 atom stereocenters. The smallest absolute Gasteiger partial charge is 0.419 e. The Hall–Kier alpha value is -2.09. The maximum absolute atomic E-state index is 12.8.